The zero-order valence-electron chi connectivity index (χ0n) is 17.0. The largest absolute Gasteiger partial charge is 0.506 e. The summed E-state index contributed by atoms with van der Waals surface area (Å²) in [5.74, 6) is -2.35. The quantitative estimate of drug-likeness (QED) is 0.372. The van der Waals surface area contributed by atoms with Crippen molar-refractivity contribution >= 4 is 43.4 Å². The van der Waals surface area contributed by atoms with Crippen molar-refractivity contribution in [2.75, 3.05) is 14.2 Å². The highest BCUT2D eigenvalue weighted by Gasteiger charge is 2.32. The summed E-state index contributed by atoms with van der Waals surface area (Å²) >= 11 is 1.26. The third kappa shape index (κ3) is 3.23. The Labute approximate surface area is 181 Å². The van der Waals surface area contributed by atoms with E-state index in [-0.39, 0.29) is 10.9 Å². The fraction of sp³-hybridized carbons (Fsp3) is 0.125. The Morgan fingerprint density at radius 2 is 1.52 bits per heavy atom. The summed E-state index contributed by atoms with van der Waals surface area (Å²) in [7, 11) is 2.33. The lowest BCUT2D eigenvalue weighted by molar-refractivity contribution is 0.0553. The lowest BCUT2D eigenvalue weighted by Crippen LogP contribution is -2.16. The van der Waals surface area contributed by atoms with Gasteiger partial charge in [0.25, 0.3) is 0 Å². The Balaban J connectivity index is 2.34. The summed E-state index contributed by atoms with van der Waals surface area (Å²) in [5.41, 5.74) is 0.973. The summed E-state index contributed by atoms with van der Waals surface area (Å²) < 4.78 is 10.9. The number of aryl methyl sites for hydroxylation is 1. The number of esters is 2. The maximum Gasteiger partial charge on any atom is 0.342 e. The van der Waals surface area contributed by atoms with E-state index in [1.165, 1.54) is 18.4 Å². The standard InChI is InChI=1S/C24H18O6S/c1-12-8-10-13(11-9-12)16-17(23(27)29-2)18(24(28)30-3)21(26)19-20(25)14-6-4-5-7-15(14)31-22(16)19/h4-11,26H,1-3H3. The highest BCUT2D eigenvalue weighted by molar-refractivity contribution is 7.25. The molecule has 0 fully saturated rings. The third-order valence-electron chi connectivity index (χ3n) is 5.12. The highest BCUT2D eigenvalue weighted by atomic mass is 32.1. The first-order chi connectivity index (χ1) is 14.9. The number of hydrogen-bond donors (Lipinski definition) is 1. The average Bonchev–Trinajstić information content (AvgIpc) is 2.78. The minimum Gasteiger partial charge on any atom is -0.506 e. The molecular formula is C24H18O6S. The summed E-state index contributed by atoms with van der Waals surface area (Å²) in [6, 6.07) is 14.3. The van der Waals surface area contributed by atoms with Crippen LogP contribution < -0.4 is 5.43 Å². The van der Waals surface area contributed by atoms with Crippen LogP contribution in [-0.2, 0) is 9.47 Å². The molecule has 156 valence electrons. The van der Waals surface area contributed by atoms with Crippen molar-refractivity contribution in [1.29, 1.82) is 0 Å². The van der Waals surface area contributed by atoms with Gasteiger partial charge in [-0.15, -0.1) is 11.3 Å². The van der Waals surface area contributed by atoms with Crippen LogP contribution in [0.25, 0.3) is 31.3 Å². The molecular weight excluding hydrogens is 416 g/mol. The average molecular weight is 434 g/mol. The van der Waals surface area contributed by atoms with Crippen LogP contribution in [0.4, 0.5) is 0 Å². The molecule has 0 spiro atoms. The lowest BCUT2D eigenvalue weighted by Gasteiger charge is -2.17. The Kier molecular flexibility index (Phi) is 5.20. The van der Waals surface area contributed by atoms with Crippen LogP contribution in [0.1, 0.15) is 26.3 Å². The van der Waals surface area contributed by atoms with Crippen LogP contribution in [0.2, 0.25) is 0 Å². The minimum absolute atomic E-state index is 0.0349. The van der Waals surface area contributed by atoms with Gasteiger partial charge in [0.2, 0.25) is 0 Å². The number of carbonyl (C=O) groups excluding carboxylic acids is 2. The molecule has 0 unspecified atom stereocenters. The van der Waals surface area contributed by atoms with Crippen molar-refractivity contribution in [3.8, 4) is 16.9 Å². The molecule has 31 heavy (non-hydrogen) atoms. The molecule has 1 heterocycles. The molecule has 0 bridgehead atoms. The Bertz CT molecular complexity index is 1420. The summed E-state index contributed by atoms with van der Waals surface area (Å²) in [6.07, 6.45) is 0. The van der Waals surface area contributed by atoms with Gasteiger partial charge < -0.3 is 14.6 Å². The van der Waals surface area contributed by atoms with Crippen molar-refractivity contribution in [2.45, 2.75) is 6.92 Å². The predicted octanol–water partition coefficient (Wildman–Crippen LogP) is 4.67. The Hall–Kier alpha value is -3.71. The van der Waals surface area contributed by atoms with Gasteiger partial charge in [-0.05, 0) is 24.6 Å². The number of aromatic hydroxyl groups is 1. The number of benzene rings is 3. The lowest BCUT2D eigenvalue weighted by atomic mass is 9.91. The number of methoxy groups -OCH3 is 2. The zero-order valence-corrected chi connectivity index (χ0v) is 17.8. The van der Waals surface area contributed by atoms with Crippen LogP contribution in [0, 0.1) is 6.92 Å². The van der Waals surface area contributed by atoms with Crippen LogP contribution in [0.3, 0.4) is 0 Å². The molecule has 1 N–H and O–H groups in total. The topological polar surface area (TPSA) is 89.9 Å². The van der Waals surface area contributed by atoms with Gasteiger partial charge in [-0.3, -0.25) is 4.79 Å². The molecule has 4 rings (SSSR count). The van der Waals surface area contributed by atoms with Crippen LogP contribution >= 0.6 is 11.3 Å². The van der Waals surface area contributed by atoms with Gasteiger partial charge in [-0.1, -0.05) is 42.0 Å². The maximum atomic E-state index is 13.3. The van der Waals surface area contributed by atoms with E-state index in [9.17, 15) is 19.5 Å². The van der Waals surface area contributed by atoms with E-state index >= 15 is 0 Å². The van der Waals surface area contributed by atoms with E-state index in [2.05, 4.69) is 0 Å². The number of rotatable bonds is 3. The van der Waals surface area contributed by atoms with Crippen LogP contribution in [0.5, 0.6) is 5.75 Å². The molecule has 0 radical (unpaired) electrons. The number of fused-ring (bicyclic) bond motifs is 2. The molecule has 1 aromatic heterocycles. The van der Waals surface area contributed by atoms with Gasteiger partial charge in [-0.2, -0.15) is 0 Å². The van der Waals surface area contributed by atoms with Gasteiger partial charge in [-0.25, -0.2) is 9.59 Å². The second-order valence-corrected chi connectivity index (χ2v) is 8.01. The maximum absolute atomic E-state index is 13.3. The number of hydrogen-bond acceptors (Lipinski definition) is 7. The van der Waals surface area contributed by atoms with Gasteiger partial charge in [0.05, 0.1) is 29.9 Å². The molecule has 0 aliphatic heterocycles. The second-order valence-electron chi connectivity index (χ2n) is 6.95. The summed E-state index contributed by atoms with van der Waals surface area (Å²) in [4.78, 5) is 38.8. The fourth-order valence-corrected chi connectivity index (χ4v) is 4.87. The van der Waals surface area contributed by atoms with Gasteiger partial charge in [0, 0.05) is 15.6 Å². The van der Waals surface area contributed by atoms with E-state index in [4.69, 9.17) is 9.47 Å². The molecule has 0 aliphatic carbocycles. The number of carbonyl (C=O) groups is 2. The van der Waals surface area contributed by atoms with Crippen LogP contribution in [-0.4, -0.2) is 31.3 Å². The summed E-state index contributed by atoms with van der Waals surface area (Å²) in [6.45, 7) is 1.92. The number of phenolic OH excluding ortho intramolecular Hbond substituents is 1. The second kappa shape index (κ2) is 7.85. The smallest absolute Gasteiger partial charge is 0.342 e. The molecule has 0 atom stereocenters. The highest BCUT2D eigenvalue weighted by Crippen LogP contribution is 2.43. The molecule has 0 saturated heterocycles. The van der Waals surface area contributed by atoms with E-state index in [1.54, 1.807) is 36.4 Å². The van der Waals surface area contributed by atoms with E-state index in [1.807, 2.05) is 19.1 Å². The molecule has 7 heteroatoms. The van der Waals surface area contributed by atoms with E-state index in [0.717, 1.165) is 12.7 Å². The van der Waals surface area contributed by atoms with Gasteiger partial charge in [0.15, 0.2) is 5.43 Å². The summed E-state index contributed by atoms with van der Waals surface area (Å²) in [5, 5.41) is 11.4. The monoisotopic (exact) mass is 434 g/mol. The molecule has 4 aromatic rings. The van der Waals surface area contributed by atoms with Crippen LogP contribution in [0.15, 0.2) is 53.3 Å². The van der Waals surface area contributed by atoms with Crippen molar-refractivity contribution in [3.63, 3.8) is 0 Å². The van der Waals surface area contributed by atoms with E-state index in [0.29, 0.717) is 25.9 Å². The first kappa shape index (κ1) is 20.6. The first-order valence-corrected chi connectivity index (χ1v) is 10.2. The Morgan fingerprint density at radius 3 is 2.16 bits per heavy atom. The molecule has 3 aromatic carbocycles. The molecule has 6 nitrogen and oxygen atoms in total. The predicted molar refractivity (Wildman–Crippen MR) is 120 cm³/mol. The number of phenols is 1. The SMILES string of the molecule is COC(=O)c1c(C(=O)OC)c(O)c2c(=O)c3ccccc3sc2c1-c1ccc(C)cc1. The van der Waals surface area contributed by atoms with E-state index < -0.39 is 28.7 Å². The van der Waals surface area contributed by atoms with Crippen molar-refractivity contribution in [3.05, 3.63) is 75.4 Å². The van der Waals surface area contributed by atoms with Crippen molar-refractivity contribution in [1.82, 2.24) is 0 Å². The van der Waals surface area contributed by atoms with Gasteiger partial charge in [0.1, 0.15) is 11.3 Å². The number of ether oxygens (including phenoxy) is 2. The normalized spacial score (nSPS) is 10.9. The fourth-order valence-electron chi connectivity index (χ4n) is 3.62. The van der Waals surface area contributed by atoms with Crippen molar-refractivity contribution in [2.24, 2.45) is 0 Å². The Morgan fingerprint density at radius 1 is 0.903 bits per heavy atom. The molecule has 0 aliphatic rings. The zero-order chi connectivity index (χ0) is 22.3. The van der Waals surface area contributed by atoms with Gasteiger partial charge >= 0.3 is 11.9 Å². The van der Waals surface area contributed by atoms with Crippen molar-refractivity contribution < 1.29 is 24.2 Å². The molecule has 0 amide bonds. The molecule has 0 saturated carbocycles. The first-order valence-electron chi connectivity index (χ1n) is 9.37. The minimum atomic E-state index is -0.939. The third-order valence-corrected chi connectivity index (χ3v) is 6.31.